The summed E-state index contributed by atoms with van der Waals surface area (Å²) < 4.78 is 2.29. The summed E-state index contributed by atoms with van der Waals surface area (Å²) in [7, 11) is 0. The van der Waals surface area contributed by atoms with Crippen LogP contribution < -0.4 is 10.2 Å². The molecule has 2 aromatic carbocycles. The van der Waals surface area contributed by atoms with Crippen LogP contribution in [0.15, 0.2) is 59.6 Å². The molecule has 7 heteroatoms. The smallest absolute Gasteiger partial charge is 0.229 e. The first-order chi connectivity index (χ1) is 15.6. The second kappa shape index (κ2) is 8.82. The van der Waals surface area contributed by atoms with Crippen molar-refractivity contribution in [3.05, 3.63) is 60.4 Å². The number of rotatable bonds is 5. The summed E-state index contributed by atoms with van der Waals surface area (Å²) in [6, 6.07) is 15.7. The number of amides is 2. The Morgan fingerprint density at radius 2 is 1.88 bits per heavy atom. The Bertz CT molecular complexity index is 1140. The molecule has 3 aromatic rings. The van der Waals surface area contributed by atoms with Crippen LogP contribution in [0, 0.1) is 5.92 Å². The van der Waals surface area contributed by atoms with Gasteiger partial charge < -0.3 is 14.8 Å². The molecule has 1 N–H and O–H groups in total. The Morgan fingerprint density at radius 3 is 2.62 bits per heavy atom. The SMILES string of the molecule is CSc1ccc(N2CC(C(=O)Nc3ccc(-c4ncc5n4CCCC5)cc3)CC2=O)cc1. The van der Waals surface area contributed by atoms with Gasteiger partial charge in [-0.15, -0.1) is 11.8 Å². The lowest BCUT2D eigenvalue weighted by Crippen LogP contribution is -2.28. The summed E-state index contributed by atoms with van der Waals surface area (Å²) in [6.07, 6.45) is 7.71. The molecule has 5 rings (SSSR count). The van der Waals surface area contributed by atoms with Crippen molar-refractivity contribution < 1.29 is 9.59 Å². The van der Waals surface area contributed by atoms with Gasteiger partial charge in [-0.05, 0) is 74.0 Å². The molecule has 2 aliphatic rings. The van der Waals surface area contributed by atoms with Crippen LogP contribution in [0.5, 0.6) is 0 Å². The highest BCUT2D eigenvalue weighted by Gasteiger charge is 2.35. The van der Waals surface area contributed by atoms with Gasteiger partial charge in [0.1, 0.15) is 5.82 Å². The van der Waals surface area contributed by atoms with Gasteiger partial charge in [0.25, 0.3) is 0 Å². The molecule has 0 bridgehead atoms. The van der Waals surface area contributed by atoms with Crippen LogP contribution in [-0.2, 0) is 22.6 Å². The maximum atomic E-state index is 12.8. The van der Waals surface area contributed by atoms with Gasteiger partial charge in [-0.2, -0.15) is 0 Å². The number of hydrogen-bond donors (Lipinski definition) is 1. The molecule has 2 amide bonds. The average molecular weight is 447 g/mol. The Balaban J connectivity index is 1.24. The van der Waals surface area contributed by atoms with E-state index < -0.39 is 0 Å². The lowest BCUT2D eigenvalue weighted by atomic mass is 10.1. The van der Waals surface area contributed by atoms with Crippen LogP contribution in [0.1, 0.15) is 25.0 Å². The van der Waals surface area contributed by atoms with Gasteiger partial charge in [0.15, 0.2) is 0 Å². The number of aromatic nitrogens is 2. The number of thioether (sulfide) groups is 1. The summed E-state index contributed by atoms with van der Waals surface area (Å²) in [4.78, 5) is 32.8. The monoisotopic (exact) mass is 446 g/mol. The average Bonchev–Trinajstić information content (AvgIpc) is 3.43. The third kappa shape index (κ3) is 4.05. The maximum absolute atomic E-state index is 12.8. The number of nitrogens with zero attached hydrogens (tertiary/aromatic N) is 3. The molecule has 1 fully saturated rings. The highest BCUT2D eigenvalue weighted by Crippen LogP contribution is 2.29. The third-order valence-corrected chi connectivity index (χ3v) is 7.04. The Hall–Kier alpha value is -3.06. The van der Waals surface area contributed by atoms with E-state index >= 15 is 0 Å². The molecule has 0 saturated carbocycles. The summed E-state index contributed by atoms with van der Waals surface area (Å²) in [5, 5.41) is 2.98. The quantitative estimate of drug-likeness (QED) is 0.582. The van der Waals surface area contributed by atoms with E-state index in [4.69, 9.17) is 0 Å². The van der Waals surface area contributed by atoms with E-state index in [0.29, 0.717) is 6.54 Å². The third-order valence-electron chi connectivity index (χ3n) is 6.29. The molecule has 164 valence electrons. The van der Waals surface area contributed by atoms with E-state index in [9.17, 15) is 9.59 Å². The number of fused-ring (bicyclic) bond motifs is 1. The summed E-state index contributed by atoms with van der Waals surface area (Å²) in [5.74, 6) is 0.498. The number of aryl methyl sites for hydroxylation is 1. The number of imidazole rings is 1. The van der Waals surface area contributed by atoms with E-state index in [1.165, 1.54) is 18.5 Å². The largest absolute Gasteiger partial charge is 0.328 e. The van der Waals surface area contributed by atoms with Crippen LogP contribution >= 0.6 is 11.8 Å². The number of carbonyl (C=O) groups is 2. The maximum Gasteiger partial charge on any atom is 0.229 e. The molecule has 0 spiro atoms. The number of nitrogens with one attached hydrogen (secondary N) is 1. The van der Waals surface area contributed by atoms with E-state index in [0.717, 1.165) is 40.6 Å². The van der Waals surface area contributed by atoms with Crippen molar-refractivity contribution in [1.82, 2.24) is 9.55 Å². The number of anilines is 2. The van der Waals surface area contributed by atoms with Crippen molar-refractivity contribution in [3.63, 3.8) is 0 Å². The highest BCUT2D eigenvalue weighted by molar-refractivity contribution is 7.98. The van der Waals surface area contributed by atoms with Gasteiger partial charge >= 0.3 is 0 Å². The fraction of sp³-hybridized carbons (Fsp3) is 0.320. The normalized spacial score (nSPS) is 18.0. The molecule has 6 nitrogen and oxygen atoms in total. The minimum atomic E-state index is -0.360. The van der Waals surface area contributed by atoms with Crippen LogP contribution in [0.2, 0.25) is 0 Å². The fourth-order valence-electron chi connectivity index (χ4n) is 4.51. The topological polar surface area (TPSA) is 67.2 Å². The number of benzene rings is 2. The second-order valence-corrected chi connectivity index (χ2v) is 9.23. The van der Waals surface area contributed by atoms with Crippen LogP contribution in [0.3, 0.4) is 0 Å². The summed E-state index contributed by atoms with van der Waals surface area (Å²) in [6.45, 7) is 1.41. The van der Waals surface area contributed by atoms with E-state index in [1.807, 2.05) is 61.0 Å². The minimum Gasteiger partial charge on any atom is -0.328 e. The molecule has 3 heterocycles. The first-order valence-corrected chi connectivity index (χ1v) is 12.2. The van der Waals surface area contributed by atoms with Gasteiger partial charge in [-0.25, -0.2) is 4.98 Å². The predicted octanol–water partition coefficient (Wildman–Crippen LogP) is 4.60. The molecule has 0 radical (unpaired) electrons. The summed E-state index contributed by atoms with van der Waals surface area (Å²) in [5.41, 5.74) is 3.92. The predicted molar refractivity (Wildman–Crippen MR) is 128 cm³/mol. The lowest BCUT2D eigenvalue weighted by Gasteiger charge is -2.17. The summed E-state index contributed by atoms with van der Waals surface area (Å²) >= 11 is 1.66. The standard InChI is InChI=1S/C25H26N4O2S/c1-32-22-11-9-20(10-12-22)29-16-18(14-23(29)30)25(31)27-19-7-5-17(6-8-19)24-26-15-21-4-2-3-13-28(21)24/h5-12,15,18H,2-4,13-14,16H2,1H3,(H,27,31). The van der Waals surface area contributed by atoms with E-state index in [1.54, 1.807) is 16.7 Å². The fourth-order valence-corrected chi connectivity index (χ4v) is 4.92. The van der Waals surface area contributed by atoms with Crippen molar-refractivity contribution >= 4 is 35.0 Å². The molecule has 1 saturated heterocycles. The van der Waals surface area contributed by atoms with Crippen LogP contribution in [-0.4, -0.2) is 34.2 Å². The lowest BCUT2D eigenvalue weighted by molar-refractivity contribution is -0.122. The zero-order valence-corrected chi connectivity index (χ0v) is 18.9. The first-order valence-electron chi connectivity index (χ1n) is 11.0. The molecular formula is C25H26N4O2S. The Morgan fingerprint density at radius 1 is 1.09 bits per heavy atom. The van der Waals surface area contributed by atoms with Gasteiger partial charge in [0.2, 0.25) is 11.8 Å². The molecule has 0 aliphatic carbocycles. The van der Waals surface area contributed by atoms with Crippen molar-refractivity contribution in [2.75, 3.05) is 23.0 Å². The molecule has 1 unspecified atom stereocenters. The molecular weight excluding hydrogens is 420 g/mol. The molecule has 1 atom stereocenters. The van der Waals surface area contributed by atoms with Gasteiger partial charge in [-0.3, -0.25) is 9.59 Å². The van der Waals surface area contributed by atoms with Crippen molar-refractivity contribution in [3.8, 4) is 11.4 Å². The molecule has 32 heavy (non-hydrogen) atoms. The zero-order chi connectivity index (χ0) is 22.1. The van der Waals surface area contributed by atoms with Gasteiger partial charge in [-0.1, -0.05) is 0 Å². The van der Waals surface area contributed by atoms with Gasteiger partial charge in [0, 0.05) is 53.2 Å². The Kier molecular flexibility index (Phi) is 5.74. The molecule has 1 aromatic heterocycles. The van der Waals surface area contributed by atoms with E-state index in [-0.39, 0.29) is 24.2 Å². The second-order valence-electron chi connectivity index (χ2n) is 8.35. The zero-order valence-electron chi connectivity index (χ0n) is 18.1. The van der Waals surface area contributed by atoms with Crippen molar-refractivity contribution in [1.29, 1.82) is 0 Å². The minimum absolute atomic E-state index is 0.0125. The molecule has 2 aliphatic heterocycles. The number of carbonyl (C=O) groups excluding carboxylic acids is 2. The highest BCUT2D eigenvalue weighted by atomic mass is 32.2. The van der Waals surface area contributed by atoms with Crippen LogP contribution in [0.25, 0.3) is 11.4 Å². The van der Waals surface area contributed by atoms with Crippen molar-refractivity contribution in [2.24, 2.45) is 5.92 Å². The van der Waals surface area contributed by atoms with Crippen LogP contribution in [0.4, 0.5) is 11.4 Å². The first kappa shape index (κ1) is 20.8. The van der Waals surface area contributed by atoms with E-state index in [2.05, 4.69) is 14.9 Å². The van der Waals surface area contributed by atoms with Crippen molar-refractivity contribution in [2.45, 2.75) is 37.1 Å². The Labute approximate surface area is 192 Å². The van der Waals surface area contributed by atoms with Gasteiger partial charge in [0.05, 0.1) is 5.92 Å². The number of hydrogen-bond acceptors (Lipinski definition) is 4.